The van der Waals surface area contributed by atoms with Gasteiger partial charge < -0.3 is 4.55 Å². The Hall–Kier alpha value is -1.20. The first-order valence-electron chi connectivity index (χ1n) is 3.22. The molecule has 1 aromatic carbocycles. The molecule has 5 heteroatoms. The second-order valence-electron chi connectivity index (χ2n) is 1.99. The van der Waals surface area contributed by atoms with E-state index in [1.165, 1.54) is 6.21 Å². The average Bonchev–Trinajstić information content (AvgIpc) is 2.05. The van der Waals surface area contributed by atoms with Gasteiger partial charge >= 0.3 is 0 Å². The van der Waals surface area contributed by atoms with Crippen molar-refractivity contribution in [2.75, 3.05) is 0 Å². The van der Waals surface area contributed by atoms with Gasteiger partial charge in [0, 0.05) is 0 Å². The first-order chi connectivity index (χ1) is 5.79. The van der Waals surface area contributed by atoms with Crippen molar-refractivity contribution in [1.82, 2.24) is 4.83 Å². The molecule has 1 N–H and O–H groups in total. The van der Waals surface area contributed by atoms with Crippen molar-refractivity contribution in [1.29, 1.82) is 0 Å². The zero-order valence-corrected chi connectivity index (χ0v) is 6.95. The summed E-state index contributed by atoms with van der Waals surface area (Å²) in [6, 6.07) is 9.19. The second-order valence-corrected chi connectivity index (χ2v) is 2.65. The van der Waals surface area contributed by atoms with Gasteiger partial charge in [0.05, 0.1) is 17.5 Å². The van der Waals surface area contributed by atoms with Crippen LogP contribution in [0.25, 0.3) is 0 Å². The summed E-state index contributed by atoms with van der Waals surface area (Å²) in [5.74, 6) is 0. The highest BCUT2D eigenvalue weighted by atomic mass is 32.2. The van der Waals surface area contributed by atoms with Gasteiger partial charge in [0.25, 0.3) is 0 Å². The van der Waals surface area contributed by atoms with Crippen molar-refractivity contribution in [2.24, 2.45) is 5.10 Å². The van der Waals surface area contributed by atoms with Gasteiger partial charge in [0.2, 0.25) is 0 Å². The van der Waals surface area contributed by atoms with E-state index in [9.17, 15) is 8.76 Å². The Morgan fingerprint density at radius 3 is 2.67 bits per heavy atom. The Morgan fingerprint density at radius 2 is 2.08 bits per heavy atom. The predicted octanol–water partition coefficient (Wildman–Crippen LogP) is 0.404. The molecule has 0 aliphatic rings. The molecule has 64 valence electrons. The third-order valence-corrected chi connectivity index (χ3v) is 1.39. The van der Waals surface area contributed by atoms with Crippen LogP contribution in [0, 0.1) is 0 Å². The Bertz CT molecular complexity index is 287. The minimum Gasteiger partial charge on any atom is -0.754 e. The third-order valence-electron chi connectivity index (χ3n) is 1.14. The predicted molar refractivity (Wildman–Crippen MR) is 46.1 cm³/mol. The molecular formula is C7H7N2O2S-. The molecule has 0 fully saturated rings. The maximum atomic E-state index is 9.96. The summed E-state index contributed by atoms with van der Waals surface area (Å²) in [6.07, 6.45) is 1.43. The number of nitrogens with zero attached hydrogens (tertiary/aromatic N) is 1. The van der Waals surface area contributed by atoms with Gasteiger partial charge in [-0.15, -0.1) is 0 Å². The summed E-state index contributed by atoms with van der Waals surface area (Å²) in [5, 5.41) is 3.45. The molecule has 4 nitrogen and oxygen atoms in total. The van der Waals surface area contributed by atoms with Crippen molar-refractivity contribution in [3.05, 3.63) is 35.9 Å². The molecule has 0 saturated carbocycles. The van der Waals surface area contributed by atoms with Gasteiger partial charge in [0.15, 0.2) is 0 Å². The number of hydrogen-bond donors (Lipinski definition) is 1. The van der Waals surface area contributed by atoms with E-state index in [0.717, 1.165) is 5.56 Å². The van der Waals surface area contributed by atoms with Gasteiger partial charge in [-0.2, -0.15) is 5.10 Å². The van der Waals surface area contributed by atoms with Crippen LogP contribution < -0.4 is 4.83 Å². The Balaban J connectivity index is 2.52. The van der Waals surface area contributed by atoms with Crippen molar-refractivity contribution >= 4 is 17.5 Å². The van der Waals surface area contributed by atoms with Crippen LogP contribution in [-0.4, -0.2) is 15.0 Å². The van der Waals surface area contributed by atoms with Crippen LogP contribution in [0.4, 0.5) is 0 Å². The van der Waals surface area contributed by atoms with E-state index in [-0.39, 0.29) is 0 Å². The molecule has 0 aliphatic heterocycles. The van der Waals surface area contributed by atoms with Gasteiger partial charge in [-0.1, -0.05) is 30.3 Å². The summed E-state index contributed by atoms with van der Waals surface area (Å²) < 4.78 is 19.9. The smallest absolute Gasteiger partial charge is 0.0613 e. The fraction of sp³-hybridized carbons (Fsp3) is 0. The molecule has 0 radical (unpaired) electrons. The zero-order valence-electron chi connectivity index (χ0n) is 6.14. The molecule has 0 heterocycles. The molecule has 0 saturated heterocycles. The SMILES string of the molecule is O=S([O-])NN=Cc1ccccc1. The van der Waals surface area contributed by atoms with Crippen LogP contribution in [0.3, 0.4) is 0 Å². The summed E-state index contributed by atoms with van der Waals surface area (Å²) >= 11 is -2.34. The highest BCUT2D eigenvalue weighted by Gasteiger charge is 1.81. The quantitative estimate of drug-likeness (QED) is 0.419. The molecule has 0 spiro atoms. The van der Waals surface area contributed by atoms with Crippen LogP contribution in [0.15, 0.2) is 35.4 Å². The maximum Gasteiger partial charge on any atom is 0.0613 e. The van der Waals surface area contributed by atoms with E-state index in [0.29, 0.717) is 0 Å². The summed E-state index contributed by atoms with van der Waals surface area (Å²) in [5.41, 5.74) is 0.843. The molecule has 0 aliphatic carbocycles. The molecule has 1 unspecified atom stereocenters. The van der Waals surface area contributed by atoms with Crippen LogP contribution >= 0.6 is 0 Å². The normalized spacial score (nSPS) is 13.1. The van der Waals surface area contributed by atoms with Gasteiger partial charge in [-0.3, -0.25) is 4.21 Å². The van der Waals surface area contributed by atoms with Gasteiger partial charge in [-0.25, -0.2) is 4.83 Å². The van der Waals surface area contributed by atoms with Crippen LogP contribution in [0.5, 0.6) is 0 Å². The van der Waals surface area contributed by atoms with Crippen molar-refractivity contribution in [3.63, 3.8) is 0 Å². The lowest BCUT2D eigenvalue weighted by molar-refractivity contribution is 0.525. The van der Waals surface area contributed by atoms with Crippen molar-refractivity contribution < 1.29 is 8.76 Å². The van der Waals surface area contributed by atoms with Crippen LogP contribution in [0.1, 0.15) is 5.56 Å². The van der Waals surface area contributed by atoms with Crippen LogP contribution in [-0.2, 0) is 11.3 Å². The number of hydrazone groups is 1. The zero-order chi connectivity index (χ0) is 8.81. The fourth-order valence-corrected chi connectivity index (χ4v) is 0.822. The standard InChI is InChI=1S/C7H8N2O2S/c10-12(11)9-8-6-7-4-2-1-3-5-7/h1-6,9H,(H,10,11)/p-1. The van der Waals surface area contributed by atoms with Crippen molar-refractivity contribution in [3.8, 4) is 0 Å². The number of benzene rings is 1. The number of rotatable bonds is 3. The van der Waals surface area contributed by atoms with Gasteiger partial charge in [0.1, 0.15) is 0 Å². The lowest BCUT2D eigenvalue weighted by Crippen LogP contribution is -2.08. The lowest BCUT2D eigenvalue weighted by atomic mass is 10.2. The number of nitrogens with one attached hydrogen (secondary N) is 1. The first kappa shape index (κ1) is 8.89. The van der Waals surface area contributed by atoms with Gasteiger partial charge in [-0.05, 0) is 5.56 Å². The lowest BCUT2D eigenvalue weighted by Gasteiger charge is -2.00. The minimum absolute atomic E-state index is 0.843. The van der Waals surface area contributed by atoms with Crippen LogP contribution in [0.2, 0.25) is 0 Å². The second kappa shape index (κ2) is 4.63. The van der Waals surface area contributed by atoms with E-state index in [1.807, 2.05) is 35.2 Å². The molecule has 0 amide bonds. The molecule has 1 atom stereocenters. The molecule has 1 rings (SSSR count). The highest BCUT2D eigenvalue weighted by Crippen LogP contribution is 1.92. The van der Waals surface area contributed by atoms with E-state index in [2.05, 4.69) is 5.10 Å². The Kier molecular flexibility index (Phi) is 3.43. The molecule has 0 aromatic heterocycles. The molecule has 1 aromatic rings. The summed E-state index contributed by atoms with van der Waals surface area (Å²) in [4.78, 5) is 1.88. The monoisotopic (exact) mass is 183 g/mol. The maximum absolute atomic E-state index is 9.96. The van der Waals surface area contributed by atoms with E-state index in [1.54, 1.807) is 0 Å². The first-order valence-corrected chi connectivity index (χ1v) is 4.29. The topological polar surface area (TPSA) is 64.5 Å². The molecule has 0 bridgehead atoms. The molecule has 12 heavy (non-hydrogen) atoms. The van der Waals surface area contributed by atoms with E-state index >= 15 is 0 Å². The van der Waals surface area contributed by atoms with E-state index in [4.69, 9.17) is 0 Å². The highest BCUT2D eigenvalue weighted by molar-refractivity contribution is 7.77. The van der Waals surface area contributed by atoms with Crippen molar-refractivity contribution in [2.45, 2.75) is 0 Å². The fourth-order valence-electron chi connectivity index (χ4n) is 0.683. The third kappa shape index (κ3) is 3.27. The number of hydrogen-bond acceptors (Lipinski definition) is 3. The average molecular weight is 183 g/mol. The molecular weight excluding hydrogens is 176 g/mol. The summed E-state index contributed by atoms with van der Waals surface area (Å²) in [7, 11) is 0. The Morgan fingerprint density at radius 1 is 1.42 bits per heavy atom. The summed E-state index contributed by atoms with van der Waals surface area (Å²) in [6.45, 7) is 0. The minimum atomic E-state index is -2.34. The largest absolute Gasteiger partial charge is 0.754 e. The Labute approximate surface area is 72.7 Å². The van der Waals surface area contributed by atoms with E-state index < -0.39 is 11.3 Å².